The summed E-state index contributed by atoms with van der Waals surface area (Å²) in [4.78, 5) is 0. The first-order valence-corrected chi connectivity index (χ1v) is 5.06. The summed E-state index contributed by atoms with van der Waals surface area (Å²) in [5, 5.41) is 0. The van der Waals surface area contributed by atoms with Crippen LogP contribution in [0.1, 0.15) is 48.0 Å². The van der Waals surface area contributed by atoms with Gasteiger partial charge in [0.25, 0.3) is 0 Å². The van der Waals surface area contributed by atoms with Crippen molar-refractivity contribution in [2.45, 2.75) is 48.0 Å². The summed E-state index contributed by atoms with van der Waals surface area (Å²) in [5.41, 5.74) is 0.630. The van der Waals surface area contributed by atoms with Crippen LogP contribution in [0.2, 0.25) is 0 Å². The third-order valence-corrected chi connectivity index (χ3v) is 1.51. The third-order valence-electron chi connectivity index (χ3n) is 1.51. The molecule has 0 aliphatic carbocycles. The molecule has 0 saturated heterocycles. The lowest BCUT2D eigenvalue weighted by Crippen LogP contribution is -1.99. The largest absolute Gasteiger partial charge is 0.0842 e. The minimum absolute atomic E-state index is 0.315. The fourth-order valence-corrected chi connectivity index (χ4v) is 0.922. The van der Waals surface area contributed by atoms with Crippen LogP contribution in [0.4, 0.5) is 0 Å². The van der Waals surface area contributed by atoms with Gasteiger partial charge in [0, 0.05) is 0 Å². The molecule has 0 rings (SSSR count). The average Bonchev–Trinajstić information content (AvgIpc) is 1.81. The van der Waals surface area contributed by atoms with Crippen molar-refractivity contribution < 1.29 is 0 Å². The van der Waals surface area contributed by atoms with E-state index in [2.05, 4.69) is 65.8 Å². The van der Waals surface area contributed by atoms with Crippen molar-refractivity contribution in [1.29, 1.82) is 0 Å². The molecule has 0 fully saturated rings. The Kier molecular flexibility index (Phi) is 4.46. The van der Waals surface area contributed by atoms with E-state index in [0.29, 0.717) is 10.8 Å². The van der Waals surface area contributed by atoms with Gasteiger partial charge in [-0.2, -0.15) is 0 Å². The Morgan fingerprint density at radius 2 is 1.00 bits per heavy atom. The summed E-state index contributed by atoms with van der Waals surface area (Å²) in [6.07, 6.45) is 10.1. The van der Waals surface area contributed by atoms with E-state index in [4.69, 9.17) is 0 Å². The topological polar surface area (TPSA) is 0 Å². The van der Waals surface area contributed by atoms with Gasteiger partial charge in [0.05, 0.1) is 0 Å². The zero-order valence-electron chi connectivity index (χ0n) is 10.0. The highest BCUT2D eigenvalue weighted by Crippen LogP contribution is 2.16. The molecule has 0 aromatic rings. The fraction of sp³-hybridized carbons (Fsp3) is 0.692. The third kappa shape index (κ3) is 11.5. The molecule has 76 valence electrons. The van der Waals surface area contributed by atoms with E-state index >= 15 is 0 Å². The molecule has 0 aromatic heterocycles. The number of rotatable bonds is 2. The minimum Gasteiger partial charge on any atom is -0.0842 e. The van der Waals surface area contributed by atoms with Crippen LogP contribution >= 0.6 is 0 Å². The molecule has 0 amide bonds. The fourth-order valence-electron chi connectivity index (χ4n) is 0.922. The van der Waals surface area contributed by atoms with E-state index in [1.54, 1.807) is 0 Å². The molecule has 0 saturated carbocycles. The highest BCUT2D eigenvalue weighted by molar-refractivity contribution is 5.00. The normalized spacial score (nSPS) is 14.6. The zero-order chi connectivity index (χ0) is 10.5. The van der Waals surface area contributed by atoms with Crippen molar-refractivity contribution in [3.63, 3.8) is 0 Å². The minimum atomic E-state index is 0.315. The second-order valence-electron chi connectivity index (χ2n) is 5.77. The van der Waals surface area contributed by atoms with E-state index in [0.717, 1.165) is 6.42 Å². The van der Waals surface area contributed by atoms with Crippen molar-refractivity contribution in [3.05, 3.63) is 24.3 Å². The zero-order valence-corrected chi connectivity index (χ0v) is 10.0. The number of hydrogen-bond acceptors (Lipinski definition) is 0. The first-order valence-electron chi connectivity index (χ1n) is 5.06. The molecule has 0 unspecified atom stereocenters. The SMILES string of the molecule is CC(C)(C)C=CC/C=C/C(C)(C)C. The quantitative estimate of drug-likeness (QED) is 0.546. The van der Waals surface area contributed by atoms with Crippen molar-refractivity contribution in [2.24, 2.45) is 10.8 Å². The molecule has 0 aliphatic heterocycles. The van der Waals surface area contributed by atoms with Gasteiger partial charge in [-0.15, -0.1) is 0 Å². The lowest BCUT2D eigenvalue weighted by Gasteiger charge is -2.11. The molecule has 0 atom stereocenters. The smallest absolute Gasteiger partial charge is 0.0169 e. The van der Waals surface area contributed by atoms with Gasteiger partial charge in [-0.1, -0.05) is 65.8 Å². The predicted molar refractivity (Wildman–Crippen MR) is 61.8 cm³/mol. The Hall–Kier alpha value is -0.520. The second kappa shape index (κ2) is 4.64. The van der Waals surface area contributed by atoms with Crippen LogP contribution in [0, 0.1) is 10.8 Å². The molecule has 0 nitrogen and oxygen atoms in total. The standard InChI is InChI=1S/C13H24/c1-12(2,3)10-8-7-9-11-13(4,5)6/h8-11H,7H2,1-6H3/b10-8+,11-9?. The predicted octanol–water partition coefficient (Wildman–Crippen LogP) is 4.58. The molecule has 0 aliphatic rings. The van der Waals surface area contributed by atoms with Gasteiger partial charge in [0.15, 0.2) is 0 Å². The Labute approximate surface area is 83.7 Å². The van der Waals surface area contributed by atoms with Gasteiger partial charge in [-0.05, 0) is 17.3 Å². The maximum atomic E-state index is 2.26. The lowest BCUT2D eigenvalue weighted by molar-refractivity contribution is 0.540. The molecular formula is C13H24. The molecule has 0 N–H and O–H groups in total. The van der Waals surface area contributed by atoms with Crippen LogP contribution in [0.15, 0.2) is 24.3 Å². The van der Waals surface area contributed by atoms with E-state index in [1.807, 2.05) is 0 Å². The van der Waals surface area contributed by atoms with Gasteiger partial charge in [0.1, 0.15) is 0 Å². The van der Waals surface area contributed by atoms with Crippen LogP contribution in [0.3, 0.4) is 0 Å². The summed E-state index contributed by atoms with van der Waals surface area (Å²) in [6.45, 7) is 13.3. The van der Waals surface area contributed by atoms with Gasteiger partial charge < -0.3 is 0 Å². The first-order chi connectivity index (χ1) is 5.71. The first kappa shape index (κ1) is 12.5. The highest BCUT2D eigenvalue weighted by Gasteiger charge is 2.03. The molecule has 0 heteroatoms. The van der Waals surface area contributed by atoms with E-state index < -0.39 is 0 Å². The molecule has 0 radical (unpaired) electrons. The lowest BCUT2D eigenvalue weighted by atomic mass is 9.94. The van der Waals surface area contributed by atoms with Crippen LogP contribution in [0.25, 0.3) is 0 Å². The van der Waals surface area contributed by atoms with E-state index in [-0.39, 0.29) is 0 Å². The van der Waals surface area contributed by atoms with Crippen LogP contribution < -0.4 is 0 Å². The summed E-state index contributed by atoms with van der Waals surface area (Å²) in [6, 6.07) is 0. The van der Waals surface area contributed by atoms with Crippen molar-refractivity contribution in [1.82, 2.24) is 0 Å². The van der Waals surface area contributed by atoms with Gasteiger partial charge in [-0.3, -0.25) is 0 Å². The maximum Gasteiger partial charge on any atom is -0.0169 e. The molecule has 0 heterocycles. The summed E-state index contributed by atoms with van der Waals surface area (Å²) in [7, 11) is 0. The Morgan fingerprint density at radius 3 is 1.23 bits per heavy atom. The molecular weight excluding hydrogens is 156 g/mol. The molecule has 13 heavy (non-hydrogen) atoms. The van der Waals surface area contributed by atoms with Gasteiger partial charge in [0.2, 0.25) is 0 Å². The van der Waals surface area contributed by atoms with Gasteiger partial charge >= 0.3 is 0 Å². The Morgan fingerprint density at radius 1 is 0.692 bits per heavy atom. The maximum absolute atomic E-state index is 2.26. The van der Waals surface area contributed by atoms with Crippen LogP contribution in [-0.2, 0) is 0 Å². The molecule has 0 spiro atoms. The van der Waals surface area contributed by atoms with E-state index in [1.165, 1.54) is 0 Å². The van der Waals surface area contributed by atoms with Gasteiger partial charge in [-0.25, -0.2) is 0 Å². The van der Waals surface area contributed by atoms with Crippen molar-refractivity contribution >= 4 is 0 Å². The highest BCUT2D eigenvalue weighted by atomic mass is 14.1. The monoisotopic (exact) mass is 180 g/mol. The van der Waals surface area contributed by atoms with E-state index in [9.17, 15) is 0 Å². The summed E-state index contributed by atoms with van der Waals surface area (Å²) < 4.78 is 0. The number of hydrogen-bond donors (Lipinski definition) is 0. The summed E-state index contributed by atoms with van der Waals surface area (Å²) in [5.74, 6) is 0. The Bertz CT molecular complexity index is 159. The summed E-state index contributed by atoms with van der Waals surface area (Å²) >= 11 is 0. The van der Waals surface area contributed by atoms with Crippen molar-refractivity contribution in [3.8, 4) is 0 Å². The Balaban J connectivity index is 3.81. The van der Waals surface area contributed by atoms with Crippen LogP contribution in [0.5, 0.6) is 0 Å². The molecule has 0 bridgehead atoms. The molecule has 0 aromatic carbocycles. The second-order valence-corrected chi connectivity index (χ2v) is 5.77. The van der Waals surface area contributed by atoms with Crippen LogP contribution in [-0.4, -0.2) is 0 Å². The number of allylic oxidation sites excluding steroid dienone is 4. The average molecular weight is 180 g/mol. The van der Waals surface area contributed by atoms with Crippen molar-refractivity contribution in [2.75, 3.05) is 0 Å².